The van der Waals surface area contributed by atoms with Gasteiger partial charge in [-0.25, -0.2) is 4.99 Å². The smallest absolute Gasteiger partial charge is 0.216 e. The molecule has 0 aliphatic carbocycles. The van der Waals surface area contributed by atoms with E-state index in [9.17, 15) is 0 Å². The number of hydrogen-bond acceptors (Lipinski definition) is 3. The molecule has 0 saturated heterocycles. The van der Waals surface area contributed by atoms with Crippen molar-refractivity contribution in [3.63, 3.8) is 0 Å². The van der Waals surface area contributed by atoms with Crippen LogP contribution in [0, 0.1) is 0 Å². The number of aliphatic hydroxyl groups is 1. The first kappa shape index (κ1) is 21.1. The summed E-state index contributed by atoms with van der Waals surface area (Å²) in [7, 11) is 0. The van der Waals surface area contributed by atoms with Crippen molar-refractivity contribution < 1.29 is 9.85 Å². The van der Waals surface area contributed by atoms with Crippen LogP contribution in [0.15, 0.2) is 47.5 Å². The predicted octanol–water partition coefficient (Wildman–Crippen LogP) is 6.45. The highest BCUT2D eigenvalue weighted by molar-refractivity contribution is 5.95. The summed E-state index contributed by atoms with van der Waals surface area (Å²) in [4.78, 5) is 4.61. The highest BCUT2D eigenvalue weighted by Gasteiger charge is 2.24. The molecular formula is C25H39NO2. The summed E-state index contributed by atoms with van der Waals surface area (Å²) in [5.41, 5.74) is 0.976. The molecule has 0 radical (unpaired) electrons. The molecule has 0 saturated carbocycles. The van der Waals surface area contributed by atoms with E-state index in [2.05, 4.69) is 18.0 Å². The second kappa shape index (κ2) is 14.4. The van der Waals surface area contributed by atoms with Crippen molar-refractivity contribution in [3.05, 3.63) is 48.0 Å². The Morgan fingerprint density at radius 3 is 2.32 bits per heavy atom. The van der Waals surface area contributed by atoms with E-state index in [0.717, 1.165) is 12.0 Å². The van der Waals surface area contributed by atoms with Gasteiger partial charge in [0.15, 0.2) is 0 Å². The number of aliphatic imine (C=N–C) groups is 1. The standard InChI is InChI=1S/C25H39NO2/c1-2-3-4-5-6-7-8-9-10-11-12-13-17-20-24(27)23-21-28-25(26-23)22-18-15-14-16-19-22/h14-20,23-24,27H,2-13,21H2,1H3/t23-,24+/m0/s1/i27T. The number of ether oxygens (including phenoxy) is 1. The molecule has 2 atom stereocenters. The van der Waals surface area contributed by atoms with E-state index in [0.29, 0.717) is 12.5 Å². The van der Waals surface area contributed by atoms with Crippen LogP contribution in [-0.4, -0.2) is 31.2 Å². The van der Waals surface area contributed by atoms with Crippen molar-refractivity contribution in [1.29, 1.82) is 1.43 Å². The molecule has 2 rings (SSSR count). The van der Waals surface area contributed by atoms with Crippen LogP contribution in [0.1, 0.15) is 89.5 Å². The van der Waals surface area contributed by atoms with Gasteiger partial charge in [0, 0.05) is 5.56 Å². The summed E-state index contributed by atoms with van der Waals surface area (Å²) in [6.45, 7) is 2.74. The lowest BCUT2D eigenvalue weighted by Crippen LogP contribution is -2.23. The van der Waals surface area contributed by atoms with Gasteiger partial charge in [0.1, 0.15) is 12.6 Å². The molecule has 1 aromatic carbocycles. The topological polar surface area (TPSA) is 41.8 Å². The molecule has 1 N–H and O–H groups in total. The number of aliphatic hydroxyl groups excluding tert-OH is 1. The van der Waals surface area contributed by atoms with Gasteiger partial charge in [-0.15, -0.1) is 0 Å². The zero-order valence-corrected chi connectivity index (χ0v) is 17.7. The van der Waals surface area contributed by atoms with E-state index in [1.54, 1.807) is 0 Å². The Kier molecular flexibility index (Phi) is 10.9. The van der Waals surface area contributed by atoms with Crippen LogP contribution in [0.25, 0.3) is 0 Å². The van der Waals surface area contributed by atoms with Gasteiger partial charge >= 0.3 is 0 Å². The van der Waals surface area contributed by atoms with Crippen LogP contribution >= 0.6 is 0 Å². The summed E-state index contributed by atoms with van der Waals surface area (Å²) < 4.78 is 13.1. The van der Waals surface area contributed by atoms with Gasteiger partial charge < -0.3 is 9.85 Å². The van der Waals surface area contributed by atoms with Crippen LogP contribution in [0.4, 0.5) is 0 Å². The first-order valence-electron chi connectivity index (χ1n) is 11.8. The zero-order valence-electron chi connectivity index (χ0n) is 18.7. The molecular weight excluding hydrogens is 346 g/mol. The van der Waals surface area contributed by atoms with Crippen molar-refractivity contribution in [3.8, 4) is 0 Å². The normalized spacial score (nSPS) is 18.1. The quantitative estimate of drug-likeness (QED) is 0.261. The van der Waals surface area contributed by atoms with Gasteiger partial charge in [0.2, 0.25) is 7.33 Å². The Morgan fingerprint density at radius 2 is 1.68 bits per heavy atom. The fraction of sp³-hybridized carbons (Fsp3) is 0.640. The third kappa shape index (κ3) is 9.05. The number of hydrogen-bond donors (Lipinski definition) is 1. The zero-order chi connectivity index (χ0) is 20.6. The van der Waals surface area contributed by atoms with Crippen LogP contribution in [0.2, 0.25) is 0 Å². The lowest BCUT2D eigenvalue weighted by Gasteiger charge is -2.08. The molecule has 1 aliphatic heterocycles. The lowest BCUT2D eigenvalue weighted by atomic mass is 10.0. The van der Waals surface area contributed by atoms with Crippen molar-refractivity contribution in [2.45, 2.75) is 96.1 Å². The molecule has 1 aromatic rings. The van der Waals surface area contributed by atoms with Gasteiger partial charge in [-0.05, 0) is 25.0 Å². The summed E-state index contributed by atoms with van der Waals surface area (Å²) in [5.74, 6) is 0.649. The van der Waals surface area contributed by atoms with Crippen molar-refractivity contribution in [1.82, 2.24) is 0 Å². The Balaban J connectivity index is 1.54. The molecule has 0 aromatic heterocycles. The molecule has 156 valence electrons. The molecule has 1 aliphatic rings. The minimum atomic E-state index is -0.344. The van der Waals surface area contributed by atoms with Crippen molar-refractivity contribution in [2.75, 3.05) is 6.61 Å². The lowest BCUT2D eigenvalue weighted by molar-refractivity contribution is 0.168. The minimum absolute atomic E-state index is 0.142. The maximum Gasteiger partial charge on any atom is 0.216 e. The van der Waals surface area contributed by atoms with Gasteiger partial charge in [0.05, 0.1) is 6.10 Å². The minimum Gasteiger partial charge on any atom is -0.475 e. The predicted molar refractivity (Wildman–Crippen MR) is 119 cm³/mol. The first-order valence-corrected chi connectivity index (χ1v) is 11.4. The van der Waals surface area contributed by atoms with Crippen LogP contribution in [0.5, 0.6) is 0 Å². The average molecular weight is 388 g/mol. The first-order chi connectivity index (χ1) is 14.3. The number of allylic oxidation sites excluding steroid dienone is 1. The molecule has 3 heteroatoms. The fourth-order valence-electron chi connectivity index (χ4n) is 3.58. The van der Waals surface area contributed by atoms with Crippen LogP contribution in [0.3, 0.4) is 0 Å². The number of rotatable bonds is 16. The Bertz CT molecular complexity index is 588. The van der Waals surface area contributed by atoms with E-state index >= 15 is 0 Å². The van der Waals surface area contributed by atoms with Gasteiger partial charge in [-0.2, -0.15) is 0 Å². The van der Waals surface area contributed by atoms with Gasteiger partial charge in [0.25, 0.3) is 0 Å². The van der Waals surface area contributed by atoms with Gasteiger partial charge in [-0.1, -0.05) is 101 Å². The highest BCUT2D eigenvalue weighted by atomic mass is 16.5. The summed E-state index contributed by atoms with van der Waals surface area (Å²) in [5, 5.41) is 4.90. The fourth-order valence-corrected chi connectivity index (χ4v) is 3.58. The van der Waals surface area contributed by atoms with E-state index in [-0.39, 0.29) is 12.1 Å². The Labute approximate surface area is 173 Å². The summed E-state index contributed by atoms with van der Waals surface area (Å²) >= 11 is 0. The Morgan fingerprint density at radius 1 is 1.04 bits per heavy atom. The van der Waals surface area contributed by atoms with Crippen molar-refractivity contribution >= 4 is 5.90 Å². The van der Waals surface area contributed by atoms with E-state index < -0.39 is 0 Å². The highest BCUT2D eigenvalue weighted by Crippen LogP contribution is 2.16. The SMILES string of the molecule is [3H]O[C@H](C=CCCCCCCCCCCCCC)[C@@H]1COC(c2ccccc2)=N1. The second-order valence-corrected chi connectivity index (χ2v) is 7.90. The maximum atomic E-state index is 7.38. The maximum absolute atomic E-state index is 7.38. The monoisotopic (exact) mass is 387 g/mol. The molecule has 1 heterocycles. The molecule has 28 heavy (non-hydrogen) atoms. The molecule has 3 nitrogen and oxygen atoms in total. The number of nitrogens with zero attached hydrogens (tertiary/aromatic N) is 1. The molecule has 0 spiro atoms. The summed E-state index contributed by atoms with van der Waals surface area (Å²) in [6.07, 6.45) is 19.8. The average Bonchev–Trinajstić information content (AvgIpc) is 3.25. The number of unbranched alkanes of at least 4 members (excludes halogenated alkanes) is 11. The number of benzene rings is 1. The van der Waals surface area contributed by atoms with Crippen molar-refractivity contribution in [2.24, 2.45) is 4.99 Å². The Hall–Kier alpha value is -1.61. The molecule has 0 fully saturated rings. The van der Waals surface area contributed by atoms with Crippen LogP contribution in [-0.2, 0) is 4.74 Å². The largest absolute Gasteiger partial charge is 0.475 e. The third-order valence-electron chi connectivity index (χ3n) is 5.37. The van der Waals surface area contributed by atoms with Crippen LogP contribution < -0.4 is 0 Å². The molecule has 0 unspecified atom stereocenters. The van der Waals surface area contributed by atoms with Gasteiger partial charge in [-0.3, -0.25) is 0 Å². The summed E-state index contributed by atoms with van der Waals surface area (Å²) in [6, 6.07) is 9.75. The van der Waals surface area contributed by atoms with E-state index in [1.807, 2.05) is 36.4 Å². The molecule has 0 bridgehead atoms. The van der Waals surface area contributed by atoms with E-state index in [1.165, 1.54) is 70.6 Å². The molecule has 0 amide bonds. The van der Waals surface area contributed by atoms with E-state index in [4.69, 9.17) is 11.3 Å². The second-order valence-electron chi connectivity index (χ2n) is 7.90. The third-order valence-corrected chi connectivity index (χ3v) is 5.37.